The Balaban J connectivity index is 2.45. The predicted octanol–water partition coefficient (Wildman–Crippen LogP) is 2.97. The molecule has 0 N–H and O–H groups in total. The van der Waals surface area contributed by atoms with Crippen LogP contribution in [-0.2, 0) is 6.54 Å². The van der Waals surface area contributed by atoms with Crippen LogP contribution in [0.5, 0.6) is 0 Å². The van der Waals surface area contributed by atoms with Crippen LogP contribution in [0, 0.1) is 5.82 Å². The molecule has 4 heteroatoms. The Morgan fingerprint density at radius 3 is 2.53 bits per heavy atom. The monoisotopic (exact) mass is 302 g/mol. The standard InChI is InChI=1S/C13H20BrFN2/c1-16(2)8-5-9-17(3)10-11-6-4-7-12(15)13(11)14/h4,6-7H,5,8-10H2,1-3H3. The zero-order chi connectivity index (χ0) is 12.8. The second kappa shape index (κ2) is 7.09. The van der Waals surface area contributed by atoms with Gasteiger partial charge in [0.2, 0.25) is 0 Å². The van der Waals surface area contributed by atoms with E-state index < -0.39 is 0 Å². The maximum absolute atomic E-state index is 13.3. The van der Waals surface area contributed by atoms with Gasteiger partial charge in [0, 0.05) is 6.54 Å². The molecule has 0 bridgehead atoms. The van der Waals surface area contributed by atoms with Gasteiger partial charge in [-0.3, -0.25) is 0 Å². The fourth-order valence-corrected chi connectivity index (χ4v) is 2.09. The summed E-state index contributed by atoms with van der Waals surface area (Å²) in [5, 5.41) is 0. The number of nitrogens with zero attached hydrogens (tertiary/aromatic N) is 2. The van der Waals surface area contributed by atoms with Crippen molar-refractivity contribution in [3.05, 3.63) is 34.1 Å². The Kier molecular flexibility index (Phi) is 6.09. The van der Waals surface area contributed by atoms with Crippen LogP contribution in [0.25, 0.3) is 0 Å². The van der Waals surface area contributed by atoms with Crippen molar-refractivity contribution in [2.75, 3.05) is 34.2 Å². The fourth-order valence-electron chi connectivity index (χ4n) is 1.70. The van der Waals surface area contributed by atoms with Gasteiger partial charge < -0.3 is 9.80 Å². The molecule has 1 aromatic carbocycles. The van der Waals surface area contributed by atoms with E-state index in [-0.39, 0.29) is 5.82 Å². The van der Waals surface area contributed by atoms with Crippen LogP contribution in [0.15, 0.2) is 22.7 Å². The van der Waals surface area contributed by atoms with Crippen molar-refractivity contribution in [3.8, 4) is 0 Å². The number of hydrogen-bond acceptors (Lipinski definition) is 2. The molecule has 0 aliphatic heterocycles. The zero-order valence-corrected chi connectivity index (χ0v) is 12.3. The van der Waals surface area contributed by atoms with Crippen LogP contribution in [-0.4, -0.2) is 44.0 Å². The fraction of sp³-hybridized carbons (Fsp3) is 0.538. The van der Waals surface area contributed by atoms with Crippen molar-refractivity contribution in [2.24, 2.45) is 0 Å². The number of hydrogen-bond donors (Lipinski definition) is 0. The average molecular weight is 303 g/mol. The van der Waals surface area contributed by atoms with Gasteiger partial charge in [-0.1, -0.05) is 12.1 Å². The molecule has 0 aliphatic rings. The van der Waals surface area contributed by atoms with E-state index in [4.69, 9.17) is 0 Å². The van der Waals surface area contributed by atoms with Crippen molar-refractivity contribution in [2.45, 2.75) is 13.0 Å². The second-order valence-corrected chi connectivity index (χ2v) is 5.40. The van der Waals surface area contributed by atoms with Gasteiger partial charge in [0.15, 0.2) is 0 Å². The lowest BCUT2D eigenvalue weighted by atomic mass is 10.2. The second-order valence-electron chi connectivity index (χ2n) is 4.61. The van der Waals surface area contributed by atoms with E-state index in [2.05, 4.69) is 46.9 Å². The molecular formula is C13H20BrFN2. The van der Waals surface area contributed by atoms with E-state index in [1.54, 1.807) is 6.07 Å². The van der Waals surface area contributed by atoms with E-state index in [0.29, 0.717) is 4.47 Å². The molecule has 0 aromatic heterocycles. The van der Waals surface area contributed by atoms with Crippen molar-refractivity contribution in [3.63, 3.8) is 0 Å². The number of rotatable bonds is 6. The molecule has 0 amide bonds. The first-order valence-corrected chi connectivity index (χ1v) is 6.56. The van der Waals surface area contributed by atoms with Crippen LogP contribution in [0.2, 0.25) is 0 Å². The molecule has 2 nitrogen and oxygen atoms in total. The molecule has 0 spiro atoms. The van der Waals surface area contributed by atoms with Gasteiger partial charge in [0.1, 0.15) is 5.82 Å². The van der Waals surface area contributed by atoms with Gasteiger partial charge in [0.05, 0.1) is 4.47 Å². The first kappa shape index (κ1) is 14.6. The van der Waals surface area contributed by atoms with E-state index in [0.717, 1.165) is 31.6 Å². The number of benzene rings is 1. The lowest BCUT2D eigenvalue weighted by Crippen LogP contribution is -2.23. The van der Waals surface area contributed by atoms with Crippen molar-refractivity contribution in [1.82, 2.24) is 9.80 Å². The molecule has 0 fully saturated rings. The quantitative estimate of drug-likeness (QED) is 0.797. The van der Waals surface area contributed by atoms with Gasteiger partial charge in [-0.2, -0.15) is 0 Å². The van der Waals surface area contributed by atoms with Gasteiger partial charge >= 0.3 is 0 Å². The van der Waals surface area contributed by atoms with Crippen molar-refractivity contribution < 1.29 is 4.39 Å². The summed E-state index contributed by atoms with van der Waals surface area (Å²) in [5.74, 6) is -0.191. The van der Waals surface area contributed by atoms with Crippen LogP contribution in [0.3, 0.4) is 0 Å². The first-order valence-electron chi connectivity index (χ1n) is 5.77. The minimum Gasteiger partial charge on any atom is -0.309 e. The Labute approximate surface area is 112 Å². The third-order valence-electron chi connectivity index (χ3n) is 2.62. The number of halogens is 2. The van der Waals surface area contributed by atoms with E-state index >= 15 is 0 Å². The maximum Gasteiger partial charge on any atom is 0.137 e. The molecule has 0 heterocycles. The van der Waals surface area contributed by atoms with Crippen LogP contribution in [0.4, 0.5) is 4.39 Å². The highest BCUT2D eigenvalue weighted by atomic mass is 79.9. The molecule has 0 radical (unpaired) electrons. The summed E-state index contributed by atoms with van der Waals surface area (Å²) in [6.07, 6.45) is 1.12. The van der Waals surface area contributed by atoms with E-state index in [9.17, 15) is 4.39 Å². The van der Waals surface area contributed by atoms with Gasteiger partial charge in [-0.15, -0.1) is 0 Å². The highest BCUT2D eigenvalue weighted by Crippen LogP contribution is 2.21. The molecule has 0 saturated carbocycles. The third-order valence-corrected chi connectivity index (χ3v) is 3.51. The first-order chi connectivity index (χ1) is 8.00. The van der Waals surface area contributed by atoms with Crippen LogP contribution < -0.4 is 0 Å². The van der Waals surface area contributed by atoms with Crippen LogP contribution in [0.1, 0.15) is 12.0 Å². The SMILES string of the molecule is CN(C)CCCN(C)Cc1cccc(F)c1Br. The van der Waals surface area contributed by atoms with E-state index in [1.807, 2.05) is 6.07 Å². The highest BCUT2D eigenvalue weighted by molar-refractivity contribution is 9.10. The molecule has 0 saturated heterocycles. The Morgan fingerprint density at radius 1 is 1.18 bits per heavy atom. The maximum atomic E-state index is 13.3. The summed E-state index contributed by atoms with van der Waals surface area (Å²) in [5.41, 5.74) is 0.998. The van der Waals surface area contributed by atoms with Gasteiger partial charge in [-0.05, 0) is 68.2 Å². The summed E-state index contributed by atoms with van der Waals surface area (Å²) >= 11 is 3.29. The minimum atomic E-state index is -0.191. The summed E-state index contributed by atoms with van der Waals surface area (Å²) in [6.45, 7) is 2.86. The molecule has 1 aromatic rings. The Morgan fingerprint density at radius 2 is 1.88 bits per heavy atom. The molecule has 17 heavy (non-hydrogen) atoms. The summed E-state index contributed by atoms with van der Waals surface area (Å²) in [7, 11) is 6.21. The summed E-state index contributed by atoms with van der Waals surface area (Å²) in [6, 6.07) is 5.18. The molecule has 0 aliphatic carbocycles. The normalized spacial score (nSPS) is 11.5. The lowest BCUT2D eigenvalue weighted by Gasteiger charge is -2.19. The lowest BCUT2D eigenvalue weighted by molar-refractivity contribution is 0.294. The van der Waals surface area contributed by atoms with Gasteiger partial charge in [0.25, 0.3) is 0 Å². The predicted molar refractivity (Wildman–Crippen MR) is 73.6 cm³/mol. The third kappa shape index (κ3) is 5.15. The Hall–Kier alpha value is -0.450. The van der Waals surface area contributed by atoms with E-state index in [1.165, 1.54) is 6.07 Å². The molecule has 1 rings (SSSR count). The summed E-state index contributed by atoms with van der Waals surface area (Å²) < 4.78 is 13.9. The van der Waals surface area contributed by atoms with Crippen molar-refractivity contribution in [1.29, 1.82) is 0 Å². The largest absolute Gasteiger partial charge is 0.309 e. The highest BCUT2D eigenvalue weighted by Gasteiger charge is 2.07. The molecule has 0 atom stereocenters. The van der Waals surface area contributed by atoms with Gasteiger partial charge in [-0.25, -0.2) is 4.39 Å². The van der Waals surface area contributed by atoms with Crippen molar-refractivity contribution >= 4 is 15.9 Å². The Bertz CT molecular complexity index is 355. The molecular weight excluding hydrogens is 283 g/mol. The summed E-state index contributed by atoms with van der Waals surface area (Å²) in [4.78, 5) is 4.38. The minimum absolute atomic E-state index is 0.191. The molecule has 0 unspecified atom stereocenters. The zero-order valence-electron chi connectivity index (χ0n) is 10.7. The topological polar surface area (TPSA) is 6.48 Å². The average Bonchev–Trinajstić information content (AvgIpc) is 2.24. The smallest absolute Gasteiger partial charge is 0.137 e. The molecule has 96 valence electrons. The van der Waals surface area contributed by atoms with Crippen LogP contribution >= 0.6 is 15.9 Å².